The molecule has 3 heteroatoms. The molecule has 130 valence electrons. The second-order valence-electron chi connectivity index (χ2n) is 6.59. The van der Waals surface area contributed by atoms with E-state index in [9.17, 15) is 0 Å². The standard InChI is InChI=1S/C21H29NO2/c1-7-8-9-10-23-20-17(5)13-22-21(18(20)6)24-19-15(3)11-14(2)12-16(19)4/h11-13H,7-10H2,1-6H3. The van der Waals surface area contributed by atoms with Crippen molar-refractivity contribution in [3.05, 3.63) is 46.1 Å². The minimum absolute atomic E-state index is 0.626. The van der Waals surface area contributed by atoms with Crippen molar-refractivity contribution in [2.75, 3.05) is 6.61 Å². The van der Waals surface area contributed by atoms with Gasteiger partial charge in [-0.1, -0.05) is 37.5 Å². The predicted molar refractivity (Wildman–Crippen MR) is 99.5 cm³/mol. The molecular formula is C21H29NO2. The number of hydrogen-bond donors (Lipinski definition) is 0. The first-order valence-electron chi connectivity index (χ1n) is 8.78. The molecule has 0 unspecified atom stereocenters. The van der Waals surface area contributed by atoms with Crippen LogP contribution in [0.1, 0.15) is 54.0 Å². The lowest BCUT2D eigenvalue weighted by Crippen LogP contribution is -2.03. The molecule has 2 rings (SSSR count). The molecule has 0 aliphatic heterocycles. The maximum Gasteiger partial charge on any atom is 0.225 e. The highest BCUT2D eigenvalue weighted by molar-refractivity contribution is 5.49. The van der Waals surface area contributed by atoms with E-state index in [-0.39, 0.29) is 0 Å². The van der Waals surface area contributed by atoms with Gasteiger partial charge in [0.1, 0.15) is 11.5 Å². The third kappa shape index (κ3) is 4.28. The summed E-state index contributed by atoms with van der Waals surface area (Å²) in [6, 6.07) is 4.27. The van der Waals surface area contributed by atoms with E-state index < -0.39 is 0 Å². The smallest absolute Gasteiger partial charge is 0.225 e. The minimum atomic E-state index is 0.626. The number of benzene rings is 1. The minimum Gasteiger partial charge on any atom is -0.493 e. The summed E-state index contributed by atoms with van der Waals surface area (Å²) >= 11 is 0. The van der Waals surface area contributed by atoms with Gasteiger partial charge in [-0.25, -0.2) is 4.98 Å². The van der Waals surface area contributed by atoms with Gasteiger partial charge in [0.25, 0.3) is 0 Å². The van der Waals surface area contributed by atoms with Gasteiger partial charge < -0.3 is 9.47 Å². The van der Waals surface area contributed by atoms with Gasteiger partial charge in [-0.15, -0.1) is 0 Å². The Morgan fingerprint density at radius 1 is 0.875 bits per heavy atom. The van der Waals surface area contributed by atoms with Crippen LogP contribution in [0.15, 0.2) is 18.3 Å². The summed E-state index contributed by atoms with van der Waals surface area (Å²) in [6.07, 6.45) is 5.28. The van der Waals surface area contributed by atoms with Crippen LogP contribution in [0.2, 0.25) is 0 Å². The van der Waals surface area contributed by atoms with E-state index >= 15 is 0 Å². The van der Waals surface area contributed by atoms with Crippen LogP contribution in [-0.4, -0.2) is 11.6 Å². The number of aromatic nitrogens is 1. The molecule has 0 saturated heterocycles. The fourth-order valence-corrected chi connectivity index (χ4v) is 2.98. The van der Waals surface area contributed by atoms with Crippen molar-refractivity contribution < 1.29 is 9.47 Å². The van der Waals surface area contributed by atoms with Crippen molar-refractivity contribution in [2.45, 2.75) is 60.8 Å². The normalized spacial score (nSPS) is 10.8. The molecule has 1 heterocycles. The first-order chi connectivity index (χ1) is 11.4. The summed E-state index contributed by atoms with van der Waals surface area (Å²) in [5.74, 6) is 2.41. The summed E-state index contributed by atoms with van der Waals surface area (Å²) in [7, 11) is 0. The van der Waals surface area contributed by atoms with Gasteiger partial charge in [-0.05, 0) is 52.2 Å². The van der Waals surface area contributed by atoms with Crippen molar-refractivity contribution in [2.24, 2.45) is 0 Å². The Bertz CT molecular complexity index is 684. The molecule has 0 saturated carbocycles. The molecule has 0 aliphatic carbocycles. The topological polar surface area (TPSA) is 31.4 Å². The molecule has 1 aromatic carbocycles. The highest BCUT2D eigenvalue weighted by atomic mass is 16.5. The second kappa shape index (κ2) is 8.18. The monoisotopic (exact) mass is 327 g/mol. The predicted octanol–water partition coefficient (Wildman–Crippen LogP) is 5.99. The van der Waals surface area contributed by atoms with Crippen LogP contribution in [0.25, 0.3) is 0 Å². The van der Waals surface area contributed by atoms with Gasteiger partial charge in [0.2, 0.25) is 5.88 Å². The van der Waals surface area contributed by atoms with E-state index in [0.29, 0.717) is 5.88 Å². The van der Waals surface area contributed by atoms with Gasteiger partial charge in [0, 0.05) is 11.8 Å². The number of pyridine rings is 1. The quantitative estimate of drug-likeness (QED) is 0.586. The summed E-state index contributed by atoms with van der Waals surface area (Å²) < 4.78 is 12.2. The maximum atomic E-state index is 6.16. The SMILES string of the molecule is CCCCCOc1c(C)cnc(Oc2c(C)cc(C)cc2C)c1C. The lowest BCUT2D eigenvalue weighted by Gasteiger charge is -2.17. The zero-order valence-electron chi connectivity index (χ0n) is 15.8. The van der Waals surface area contributed by atoms with Crippen molar-refractivity contribution in [1.82, 2.24) is 4.98 Å². The van der Waals surface area contributed by atoms with Crippen LogP contribution in [0, 0.1) is 34.6 Å². The molecule has 0 spiro atoms. The molecule has 0 atom stereocenters. The molecule has 24 heavy (non-hydrogen) atoms. The lowest BCUT2D eigenvalue weighted by molar-refractivity contribution is 0.299. The largest absolute Gasteiger partial charge is 0.493 e. The molecule has 0 amide bonds. The molecule has 0 bridgehead atoms. The summed E-state index contributed by atoms with van der Waals surface area (Å²) in [5.41, 5.74) is 5.50. The first kappa shape index (κ1) is 18.3. The summed E-state index contributed by atoms with van der Waals surface area (Å²) in [6.45, 7) is 13.2. The van der Waals surface area contributed by atoms with Crippen LogP contribution in [0.5, 0.6) is 17.4 Å². The van der Waals surface area contributed by atoms with Crippen molar-refractivity contribution in [3.63, 3.8) is 0 Å². The molecule has 3 nitrogen and oxygen atoms in total. The van der Waals surface area contributed by atoms with Gasteiger partial charge >= 0.3 is 0 Å². The van der Waals surface area contributed by atoms with E-state index in [1.54, 1.807) is 0 Å². The Hall–Kier alpha value is -2.03. The van der Waals surface area contributed by atoms with Crippen molar-refractivity contribution >= 4 is 0 Å². The Labute approximate surface area is 146 Å². The van der Waals surface area contributed by atoms with Crippen LogP contribution in [-0.2, 0) is 0 Å². The number of nitrogens with zero attached hydrogens (tertiary/aromatic N) is 1. The average molecular weight is 327 g/mol. The van der Waals surface area contributed by atoms with E-state index in [2.05, 4.69) is 44.8 Å². The summed E-state index contributed by atoms with van der Waals surface area (Å²) in [5, 5.41) is 0. The van der Waals surface area contributed by atoms with Crippen molar-refractivity contribution in [3.8, 4) is 17.4 Å². The Morgan fingerprint density at radius 3 is 2.17 bits per heavy atom. The number of unbranched alkanes of at least 4 members (excludes halogenated alkanes) is 2. The van der Waals surface area contributed by atoms with Gasteiger partial charge in [0.05, 0.1) is 12.2 Å². The molecule has 0 fully saturated rings. The zero-order valence-corrected chi connectivity index (χ0v) is 15.8. The average Bonchev–Trinajstić information content (AvgIpc) is 2.51. The molecule has 0 radical (unpaired) electrons. The van der Waals surface area contributed by atoms with Crippen LogP contribution < -0.4 is 9.47 Å². The second-order valence-corrected chi connectivity index (χ2v) is 6.59. The van der Waals surface area contributed by atoms with Gasteiger partial charge in [0.15, 0.2) is 0 Å². The van der Waals surface area contributed by atoms with Gasteiger partial charge in [-0.2, -0.15) is 0 Å². The summed E-state index contributed by atoms with van der Waals surface area (Å²) in [4.78, 5) is 4.48. The third-order valence-electron chi connectivity index (χ3n) is 4.19. The van der Waals surface area contributed by atoms with Crippen LogP contribution >= 0.6 is 0 Å². The van der Waals surface area contributed by atoms with E-state index in [4.69, 9.17) is 9.47 Å². The Kier molecular flexibility index (Phi) is 6.24. The fourth-order valence-electron chi connectivity index (χ4n) is 2.98. The lowest BCUT2D eigenvalue weighted by atomic mass is 10.1. The number of hydrogen-bond acceptors (Lipinski definition) is 3. The van der Waals surface area contributed by atoms with Crippen LogP contribution in [0.3, 0.4) is 0 Å². The zero-order chi connectivity index (χ0) is 17.7. The Morgan fingerprint density at radius 2 is 1.54 bits per heavy atom. The number of ether oxygens (including phenoxy) is 2. The fraction of sp³-hybridized carbons (Fsp3) is 0.476. The van der Waals surface area contributed by atoms with E-state index in [1.807, 2.05) is 20.0 Å². The first-order valence-corrected chi connectivity index (χ1v) is 8.78. The highest BCUT2D eigenvalue weighted by Gasteiger charge is 2.14. The van der Waals surface area contributed by atoms with E-state index in [0.717, 1.165) is 46.8 Å². The number of rotatable bonds is 7. The third-order valence-corrected chi connectivity index (χ3v) is 4.19. The Balaban J connectivity index is 2.25. The van der Waals surface area contributed by atoms with Crippen molar-refractivity contribution in [1.29, 1.82) is 0 Å². The van der Waals surface area contributed by atoms with Gasteiger partial charge in [-0.3, -0.25) is 0 Å². The maximum absolute atomic E-state index is 6.16. The highest BCUT2D eigenvalue weighted by Crippen LogP contribution is 2.35. The molecule has 2 aromatic rings. The molecule has 1 aromatic heterocycles. The van der Waals surface area contributed by atoms with E-state index in [1.165, 1.54) is 18.4 Å². The molecule has 0 aliphatic rings. The molecular weight excluding hydrogens is 298 g/mol. The van der Waals surface area contributed by atoms with Crippen LogP contribution in [0.4, 0.5) is 0 Å². The molecule has 0 N–H and O–H groups in total. The number of aryl methyl sites for hydroxylation is 4.